The van der Waals surface area contributed by atoms with E-state index in [2.05, 4.69) is 20.1 Å². The smallest absolute Gasteiger partial charge is 0.249 e. The topological polar surface area (TPSA) is 82.8 Å². The van der Waals surface area contributed by atoms with Gasteiger partial charge in [-0.3, -0.25) is 0 Å². The lowest BCUT2D eigenvalue weighted by molar-refractivity contribution is 0.343. The Hall–Kier alpha value is -2.44. The van der Waals surface area contributed by atoms with Crippen LogP contribution in [0.4, 0.5) is 0 Å². The quantitative estimate of drug-likeness (QED) is 0.719. The molecule has 7 heteroatoms. The van der Waals surface area contributed by atoms with Gasteiger partial charge >= 0.3 is 0 Å². The van der Waals surface area contributed by atoms with Gasteiger partial charge in [-0.05, 0) is 6.92 Å². The van der Waals surface area contributed by atoms with E-state index in [9.17, 15) is 0 Å². The summed E-state index contributed by atoms with van der Waals surface area (Å²) in [5.74, 6) is 2.91. The molecule has 0 spiro atoms. The van der Waals surface area contributed by atoms with Gasteiger partial charge in [0.1, 0.15) is 18.0 Å². The summed E-state index contributed by atoms with van der Waals surface area (Å²) in [7, 11) is 0. The number of imidazole rings is 1. The third-order valence-electron chi connectivity index (χ3n) is 3.49. The Morgan fingerprint density at radius 1 is 1.18 bits per heavy atom. The molecule has 0 fully saturated rings. The second-order valence-electron chi connectivity index (χ2n) is 5.46. The van der Waals surface area contributed by atoms with Crippen LogP contribution in [0.1, 0.15) is 57.3 Å². The van der Waals surface area contributed by atoms with E-state index in [1.165, 1.54) is 0 Å². The van der Waals surface area contributed by atoms with Crippen molar-refractivity contribution in [1.82, 2.24) is 24.7 Å². The number of hydrogen-bond donors (Lipinski definition) is 0. The van der Waals surface area contributed by atoms with Crippen LogP contribution in [0.5, 0.6) is 0 Å². The van der Waals surface area contributed by atoms with Crippen molar-refractivity contribution in [2.45, 2.75) is 46.1 Å². The van der Waals surface area contributed by atoms with Crippen LogP contribution in [0, 0.1) is 0 Å². The van der Waals surface area contributed by atoms with Gasteiger partial charge in [0.15, 0.2) is 17.5 Å². The van der Waals surface area contributed by atoms with Crippen LogP contribution in [0.15, 0.2) is 27.6 Å². The molecule has 1 unspecified atom stereocenters. The van der Waals surface area contributed by atoms with Crippen LogP contribution in [-0.2, 0) is 6.42 Å². The zero-order valence-electron chi connectivity index (χ0n) is 13.1. The summed E-state index contributed by atoms with van der Waals surface area (Å²) in [5.41, 5.74) is 0.704. The minimum absolute atomic E-state index is 0.121. The Labute approximate surface area is 128 Å². The van der Waals surface area contributed by atoms with E-state index in [4.69, 9.17) is 8.94 Å². The molecule has 0 saturated carbocycles. The normalized spacial score (nSPS) is 13.0. The molecule has 116 valence electrons. The number of aryl methyl sites for hydroxylation is 1. The largest absolute Gasteiger partial charge is 0.448 e. The standard InChI is InChI=1S/C15H19N5O2/c1-5-12-18-15(22-19-12)10(4)20-7-6-16-13(20)11-8-21-14(17-11)9(2)3/h6-10H,5H2,1-4H3. The van der Waals surface area contributed by atoms with Gasteiger partial charge in [0.05, 0.1) is 0 Å². The van der Waals surface area contributed by atoms with Crippen molar-refractivity contribution in [2.75, 3.05) is 0 Å². The third kappa shape index (κ3) is 2.54. The van der Waals surface area contributed by atoms with E-state index in [1.807, 2.05) is 38.5 Å². The maximum absolute atomic E-state index is 5.50. The molecule has 3 aromatic rings. The molecule has 0 aliphatic rings. The molecule has 3 rings (SSSR count). The number of oxazole rings is 1. The Kier molecular flexibility index (Phi) is 3.79. The highest BCUT2D eigenvalue weighted by atomic mass is 16.5. The molecule has 3 heterocycles. The molecule has 0 aromatic carbocycles. The first-order valence-electron chi connectivity index (χ1n) is 7.41. The van der Waals surface area contributed by atoms with E-state index >= 15 is 0 Å². The predicted octanol–water partition coefficient (Wildman–Crippen LogP) is 3.22. The highest BCUT2D eigenvalue weighted by Gasteiger charge is 2.21. The second-order valence-corrected chi connectivity index (χ2v) is 5.46. The van der Waals surface area contributed by atoms with Gasteiger partial charge in [0.25, 0.3) is 0 Å². The summed E-state index contributed by atoms with van der Waals surface area (Å²) in [6.07, 6.45) is 5.98. The summed E-state index contributed by atoms with van der Waals surface area (Å²) >= 11 is 0. The van der Waals surface area contributed by atoms with Gasteiger partial charge < -0.3 is 13.5 Å². The van der Waals surface area contributed by atoms with Crippen LogP contribution in [-0.4, -0.2) is 24.7 Å². The molecule has 0 amide bonds. The average Bonchev–Trinajstić information content (AvgIpc) is 3.24. The van der Waals surface area contributed by atoms with E-state index < -0.39 is 0 Å². The third-order valence-corrected chi connectivity index (χ3v) is 3.49. The van der Waals surface area contributed by atoms with Crippen molar-refractivity contribution in [2.24, 2.45) is 0 Å². The first kappa shape index (κ1) is 14.5. The first-order chi connectivity index (χ1) is 10.6. The zero-order valence-corrected chi connectivity index (χ0v) is 13.1. The summed E-state index contributed by atoms with van der Waals surface area (Å²) in [5, 5.41) is 3.94. The Morgan fingerprint density at radius 3 is 2.64 bits per heavy atom. The van der Waals surface area contributed by atoms with Gasteiger partial charge in [-0.2, -0.15) is 4.98 Å². The number of nitrogens with zero attached hydrogens (tertiary/aromatic N) is 5. The van der Waals surface area contributed by atoms with Gasteiger partial charge in [-0.1, -0.05) is 25.9 Å². The van der Waals surface area contributed by atoms with Crippen molar-refractivity contribution >= 4 is 0 Å². The highest BCUT2D eigenvalue weighted by molar-refractivity contribution is 5.48. The van der Waals surface area contributed by atoms with Crippen LogP contribution < -0.4 is 0 Å². The summed E-state index contributed by atoms with van der Waals surface area (Å²) in [4.78, 5) is 13.3. The van der Waals surface area contributed by atoms with Crippen molar-refractivity contribution < 1.29 is 8.94 Å². The van der Waals surface area contributed by atoms with Gasteiger partial charge in [-0.15, -0.1) is 0 Å². The SMILES string of the molecule is CCc1noc(C(C)n2ccnc2-c2coc(C(C)C)n2)n1. The minimum Gasteiger partial charge on any atom is -0.448 e. The Bertz CT molecular complexity index is 755. The molecule has 0 radical (unpaired) electrons. The molecule has 3 aromatic heterocycles. The molecule has 22 heavy (non-hydrogen) atoms. The van der Waals surface area contributed by atoms with Crippen molar-refractivity contribution in [1.29, 1.82) is 0 Å². The Balaban J connectivity index is 1.93. The molecule has 0 aliphatic carbocycles. The van der Waals surface area contributed by atoms with E-state index in [0.717, 1.165) is 12.2 Å². The molecule has 0 N–H and O–H groups in total. The van der Waals surface area contributed by atoms with Crippen LogP contribution >= 0.6 is 0 Å². The molecule has 1 atom stereocenters. The molecule has 7 nitrogen and oxygen atoms in total. The van der Waals surface area contributed by atoms with Gasteiger partial charge in [0, 0.05) is 24.7 Å². The fraction of sp³-hybridized carbons (Fsp3) is 0.467. The van der Waals surface area contributed by atoms with E-state index in [1.54, 1.807) is 12.5 Å². The first-order valence-corrected chi connectivity index (χ1v) is 7.41. The number of hydrogen-bond acceptors (Lipinski definition) is 6. The lowest BCUT2D eigenvalue weighted by atomic mass is 10.2. The van der Waals surface area contributed by atoms with Gasteiger partial charge in [-0.25, -0.2) is 9.97 Å². The molecule has 0 bridgehead atoms. The molecular weight excluding hydrogens is 282 g/mol. The predicted molar refractivity (Wildman–Crippen MR) is 79.3 cm³/mol. The highest BCUT2D eigenvalue weighted by Crippen LogP contribution is 2.25. The van der Waals surface area contributed by atoms with Crippen LogP contribution in [0.3, 0.4) is 0 Å². The molecular formula is C15H19N5O2. The second kappa shape index (κ2) is 5.75. The van der Waals surface area contributed by atoms with Gasteiger partial charge in [0.2, 0.25) is 5.89 Å². The van der Waals surface area contributed by atoms with Crippen molar-refractivity contribution in [3.05, 3.63) is 36.3 Å². The zero-order chi connectivity index (χ0) is 15.7. The fourth-order valence-electron chi connectivity index (χ4n) is 2.18. The maximum atomic E-state index is 5.50. The monoisotopic (exact) mass is 301 g/mol. The van der Waals surface area contributed by atoms with Crippen molar-refractivity contribution in [3.63, 3.8) is 0 Å². The Morgan fingerprint density at radius 2 is 2.00 bits per heavy atom. The summed E-state index contributed by atoms with van der Waals surface area (Å²) in [6, 6.07) is -0.121. The maximum Gasteiger partial charge on any atom is 0.249 e. The lowest BCUT2D eigenvalue weighted by Crippen LogP contribution is -2.08. The summed E-state index contributed by atoms with van der Waals surface area (Å²) in [6.45, 7) is 8.05. The van der Waals surface area contributed by atoms with Crippen molar-refractivity contribution in [3.8, 4) is 11.5 Å². The number of rotatable bonds is 5. The van der Waals surface area contributed by atoms with Crippen LogP contribution in [0.25, 0.3) is 11.5 Å². The van der Waals surface area contributed by atoms with E-state index in [0.29, 0.717) is 23.3 Å². The number of aromatic nitrogens is 5. The average molecular weight is 301 g/mol. The van der Waals surface area contributed by atoms with Crippen LogP contribution in [0.2, 0.25) is 0 Å². The molecule has 0 saturated heterocycles. The minimum atomic E-state index is -0.121. The lowest BCUT2D eigenvalue weighted by Gasteiger charge is -2.10. The fourth-order valence-corrected chi connectivity index (χ4v) is 2.18. The molecule has 0 aliphatic heterocycles. The van der Waals surface area contributed by atoms with E-state index in [-0.39, 0.29) is 12.0 Å². The summed E-state index contributed by atoms with van der Waals surface area (Å²) < 4.78 is 12.8.